The van der Waals surface area contributed by atoms with Gasteiger partial charge in [-0.2, -0.15) is 0 Å². The highest BCUT2D eigenvalue weighted by atomic mass is 35.5. The van der Waals surface area contributed by atoms with Crippen molar-refractivity contribution in [2.75, 3.05) is 5.32 Å². The molecule has 1 N–H and O–H groups in total. The summed E-state index contributed by atoms with van der Waals surface area (Å²) >= 11 is 13.5. The number of anilines is 1. The number of aromatic nitrogens is 1. The van der Waals surface area contributed by atoms with Crippen LogP contribution in [0.4, 0.5) is 5.69 Å². The summed E-state index contributed by atoms with van der Waals surface area (Å²) in [7, 11) is 0. The topological polar surface area (TPSA) is 24.9 Å². The maximum Gasteiger partial charge on any atom is 0.0798 e. The fourth-order valence-corrected chi connectivity index (χ4v) is 2.74. The van der Waals surface area contributed by atoms with Gasteiger partial charge in [-0.1, -0.05) is 23.2 Å². The average Bonchev–Trinajstić information content (AvgIpc) is 2.70. The Labute approximate surface area is 115 Å². The molecule has 0 spiro atoms. The zero-order valence-corrected chi connectivity index (χ0v) is 11.8. The standard InChI is InChI=1S/C12H12Cl2N2S/c1-7-12(17-6-15-7)8(2)16-9-3-4-10(13)11(14)5-9/h3-6,8,16H,1-2H3. The molecule has 0 aliphatic carbocycles. The first-order valence-corrected chi connectivity index (χ1v) is 6.83. The third-order valence-corrected chi connectivity index (χ3v) is 4.33. The Morgan fingerprint density at radius 2 is 2.06 bits per heavy atom. The van der Waals surface area contributed by atoms with Gasteiger partial charge < -0.3 is 5.32 Å². The van der Waals surface area contributed by atoms with Gasteiger partial charge >= 0.3 is 0 Å². The van der Waals surface area contributed by atoms with Gasteiger partial charge in [-0.25, -0.2) is 4.98 Å². The van der Waals surface area contributed by atoms with E-state index in [1.165, 1.54) is 4.88 Å². The highest BCUT2D eigenvalue weighted by Gasteiger charge is 2.11. The third kappa shape index (κ3) is 2.92. The zero-order chi connectivity index (χ0) is 12.4. The summed E-state index contributed by atoms with van der Waals surface area (Å²) in [5.74, 6) is 0. The lowest BCUT2D eigenvalue weighted by molar-refractivity contribution is 0.890. The van der Waals surface area contributed by atoms with E-state index in [9.17, 15) is 0 Å². The van der Waals surface area contributed by atoms with Crippen LogP contribution < -0.4 is 5.32 Å². The Morgan fingerprint density at radius 1 is 1.29 bits per heavy atom. The molecule has 2 rings (SSSR count). The number of aryl methyl sites for hydroxylation is 1. The second-order valence-corrected chi connectivity index (χ2v) is 5.50. The maximum atomic E-state index is 5.97. The van der Waals surface area contributed by atoms with E-state index in [2.05, 4.69) is 17.2 Å². The van der Waals surface area contributed by atoms with Crippen molar-refractivity contribution in [3.05, 3.63) is 44.3 Å². The predicted octanol–water partition coefficient (Wildman–Crippen LogP) is 4.93. The number of benzene rings is 1. The molecule has 0 radical (unpaired) electrons. The van der Waals surface area contributed by atoms with Crippen LogP contribution in [0.1, 0.15) is 23.5 Å². The molecule has 17 heavy (non-hydrogen) atoms. The van der Waals surface area contributed by atoms with E-state index in [1.807, 2.05) is 24.6 Å². The largest absolute Gasteiger partial charge is 0.378 e. The minimum Gasteiger partial charge on any atom is -0.378 e. The summed E-state index contributed by atoms with van der Waals surface area (Å²) in [6.45, 7) is 4.11. The number of nitrogens with zero attached hydrogens (tertiary/aromatic N) is 1. The van der Waals surface area contributed by atoms with Gasteiger partial charge in [0.15, 0.2) is 0 Å². The van der Waals surface area contributed by atoms with E-state index in [1.54, 1.807) is 17.4 Å². The van der Waals surface area contributed by atoms with E-state index >= 15 is 0 Å². The normalized spacial score (nSPS) is 12.5. The van der Waals surface area contributed by atoms with Crippen LogP contribution in [-0.2, 0) is 0 Å². The molecule has 0 bridgehead atoms. The van der Waals surface area contributed by atoms with Crippen LogP contribution in [0.25, 0.3) is 0 Å². The van der Waals surface area contributed by atoms with Gasteiger partial charge in [0.25, 0.3) is 0 Å². The van der Waals surface area contributed by atoms with Crippen LogP contribution in [0, 0.1) is 6.92 Å². The number of rotatable bonds is 3. The lowest BCUT2D eigenvalue weighted by Gasteiger charge is -2.14. The van der Waals surface area contributed by atoms with Gasteiger partial charge in [0.2, 0.25) is 0 Å². The number of nitrogens with one attached hydrogen (secondary N) is 1. The van der Waals surface area contributed by atoms with Crippen molar-refractivity contribution < 1.29 is 0 Å². The Balaban J connectivity index is 2.16. The highest BCUT2D eigenvalue weighted by Crippen LogP contribution is 2.29. The molecular weight excluding hydrogens is 275 g/mol. The van der Waals surface area contributed by atoms with Crippen LogP contribution >= 0.6 is 34.5 Å². The Morgan fingerprint density at radius 3 is 2.65 bits per heavy atom. The second-order valence-electron chi connectivity index (χ2n) is 3.80. The van der Waals surface area contributed by atoms with E-state index in [0.29, 0.717) is 10.0 Å². The molecule has 1 unspecified atom stereocenters. The van der Waals surface area contributed by atoms with Crippen LogP contribution in [0.3, 0.4) is 0 Å². The fourth-order valence-electron chi connectivity index (χ4n) is 1.63. The average molecular weight is 287 g/mol. The van der Waals surface area contributed by atoms with Crippen molar-refractivity contribution in [3.63, 3.8) is 0 Å². The minimum absolute atomic E-state index is 0.208. The summed E-state index contributed by atoms with van der Waals surface area (Å²) in [6, 6.07) is 5.75. The molecule has 0 fully saturated rings. The van der Waals surface area contributed by atoms with Gasteiger partial charge in [-0.3, -0.25) is 0 Å². The molecule has 1 atom stereocenters. The van der Waals surface area contributed by atoms with Gasteiger partial charge in [0.1, 0.15) is 0 Å². The summed E-state index contributed by atoms with van der Waals surface area (Å²) in [5, 5.41) is 4.51. The predicted molar refractivity (Wildman–Crippen MR) is 75.4 cm³/mol. The quantitative estimate of drug-likeness (QED) is 0.865. The van der Waals surface area contributed by atoms with Crippen molar-refractivity contribution in [3.8, 4) is 0 Å². The minimum atomic E-state index is 0.208. The Hall–Kier alpha value is -0.770. The monoisotopic (exact) mass is 286 g/mol. The molecule has 0 amide bonds. The molecule has 90 valence electrons. The number of hydrogen-bond donors (Lipinski definition) is 1. The zero-order valence-electron chi connectivity index (χ0n) is 9.50. The molecule has 1 heterocycles. The Bertz CT molecular complexity index is 525. The molecular formula is C12H12Cl2N2S. The van der Waals surface area contributed by atoms with Gasteiger partial charge in [-0.05, 0) is 32.0 Å². The molecule has 0 aliphatic heterocycles. The number of hydrogen-bond acceptors (Lipinski definition) is 3. The summed E-state index contributed by atoms with van der Waals surface area (Å²) in [4.78, 5) is 5.47. The van der Waals surface area contributed by atoms with Crippen molar-refractivity contribution in [2.45, 2.75) is 19.9 Å². The highest BCUT2D eigenvalue weighted by molar-refractivity contribution is 7.09. The Kier molecular flexibility index (Phi) is 3.92. The van der Waals surface area contributed by atoms with Crippen molar-refractivity contribution in [2.24, 2.45) is 0 Å². The lowest BCUT2D eigenvalue weighted by Crippen LogP contribution is -2.06. The van der Waals surface area contributed by atoms with Crippen LogP contribution in [-0.4, -0.2) is 4.98 Å². The molecule has 0 saturated heterocycles. The van der Waals surface area contributed by atoms with E-state index < -0.39 is 0 Å². The van der Waals surface area contributed by atoms with Crippen LogP contribution in [0.2, 0.25) is 10.0 Å². The smallest absolute Gasteiger partial charge is 0.0798 e. The van der Waals surface area contributed by atoms with Crippen LogP contribution in [0.5, 0.6) is 0 Å². The summed E-state index contributed by atoms with van der Waals surface area (Å²) in [5.41, 5.74) is 3.88. The summed E-state index contributed by atoms with van der Waals surface area (Å²) < 4.78 is 0. The first-order chi connectivity index (χ1) is 8.08. The maximum absolute atomic E-state index is 5.97. The first-order valence-electron chi connectivity index (χ1n) is 5.19. The van der Waals surface area contributed by atoms with Gasteiger partial charge in [0.05, 0.1) is 27.3 Å². The molecule has 2 aromatic rings. The number of thiazole rings is 1. The first kappa shape index (κ1) is 12.7. The van der Waals surface area contributed by atoms with Crippen molar-refractivity contribution >= 4 is 40.2 Å². The molecule has 1 aromatic heterocycles. The van der Waals surface area contributed by atoms with E-state index in [4.69, 9.17) is 23.2 Å². The molecule has 1 aromatic carbocycles. The van der Waals surface area contributed by atoms with E-state index in [0.717, 1.165) is 11.4 Å². The molecule has 0 saturated carbocycles. The molecule has 2 nitrogen and oxygen atoms in total. The lowest BCUT2D eigenvalue weighted by atomic mass is 10.2. The van der Waals surface area contributed by atoms with Gasteiger partial charge in [0, 0.05) is 10.6 Å². The second kappa shape index (κ2) is 5.25. The van der Waals surface area contributed by atoms with E-state index in [-0.39, 0.29) is 6.04 Å². The molecule has 5 heteroatoms. The molecule has 0 aliphatic rings. The fraction of sp³-hybridized carbons (Fsp3) is 0.250. The van der Waals surface area contributed by atoms with Crippen LogP contribution in [0.15, 0.2) is 23.7 Å². The van der Waals surface area contributed by atoms with Crippen molar-refractivity contribution in [1.29, 1.82) is 0 Å². The van der Waals surface area contributed by atoms with Gasteiger partial charge in [-0.15, -0.1) is 11.3 Å². The van der Waals surface area contributed by atoms with Crippen molar-refractivity contribution in [1.82, 2.24) is 4.98 Å². The number of halogens is 2. The third-order valence-electron chi connectivity index (χ3n) is 2.48. The SMILES string of the molecule is Cc1ncsc1C(C)Nc1ccc(Cl)c(Cl)c1. The summed E-state index contributed by atoms with van der Waals surface area (Å²) in [6.07, 6.45) is 0.